The third-order valence-electron chi connectivity index (χ3n) is 3.40. The molecule has 0 atom stereocenters. The molecule has 0 fully saturated rings. The molecule has 0 spiro atoms. The average Bonchev–Trinajstić information content (AvgIpc) is 2.96. The minimum absolute atomic E-state index is 0.0293. The lowest BCUT2D eigenvalue weighted by Gasteiger charge is -2.08. The summed E-state index contributed by atoms with van der Waals surface area (Å²) in [4.78, 5) is 19.4. The van der Waals surface area contributed by atoms with Gasteiger partial charge in [-0.2, -0.15) is 0 Å². The minimum Gasteiger partial charge on any atom is -0.385 e. The number of nitrogens with zero attached hydrogens (tertiary/aromatic N) is 1. The van der Waals surface area contributed by atoms with Gasteiger partial charge < -0.3 is 15.6 Å². The molecule has 1 amide bonds. The lowest BCUT2D eigenvalue weighted by atomic mass is 10.2. The number of aromatic nitrogens is 2. The van der Waals surface area contributed by atoms with Crippen LogP contribution < -0.4 is 10.6 Å². The van der Waals surface area contributed by atoms with E-state index >= 15 is 0 Å². The molecule has 2 aromatic carbocycles. The Kier molecular flexibility index (Phi) is 4.05. The first-order valence-electron chi connectivity index (χ1n) is 7.25. The maximum absolute atomic E-state index is 12.1. The molecule has 1 aromatic heterocycles. The van der Waals surface area contributed by atoms with E-state index in [1.165, 1.54) is 0 Å². The highest BCUT2D eigenvalue weighted by atomic mass is 16.1. The Morgan fingerprint density at radius 1 is 1.23 bits per heavy atom. The Hall–Kier alpha value is -2.82. The summed E-state index contributed by atoms with van der Waals surface area (Å²) in [5, 5.41) is 6.16. The smallest absolute Gasteiger partial charge is 0.226 e. The lowest BCUT2D eigenvalue weighted by molar-refractivity contribution is -0.115. The molecule has 0 aliphatic carbocycles. The maximum atomic E-state index is 12.1. The number of amides is 1. The van der Waals surface area contributed by atoms with Crippen LogP contribution in [0.2, 0.25) is 0 Å². The molecule has 5 heteroatoms. The molecule has 0 saturated carbocycles. The number of carbonyl (C=O) groups excluding carboxylic acids is 1. The normalized spacial score (nSPS) is 10.6. The molecule has 1 heterocycles. The molecule has 3 N–H and O–H groups in total. The first-order chi connectivity index (χ1) is 10.7. The minimum atomic E-state index is -0.0293. The Morgan fingerprint density at radius 3 is 2.86 bits per heavy atom. The van der Waals surface area contributed by atoms with Crippen molar-refractivity contribution in [1.29, 1.82) is 0 Å². The van der Waals surface area contributed by atoms with Gasteiger partial charge in [0.1, 0.15) is 5.52 Å². The number of fused-ring (bicyclic) bond motifs is 1. The third-order valence-corrected chi connectivity index (χ3v) is 3.40. The van der Waals surface area contributed by atoms with Crippen LogP contribution in [0.25, 0.3) is 11.0 Å². The number of carbonyl (C=O) groups is 1. The fraction of sp³-hybridized carbons (Fsp3) is 0.176. The van der Waals surface area contributed by atoms with Gasteiger partial charge in [-0.3, -0.25) is 4.79 Å². The van der Waals surface area contributed by atoms with Crippen LogP contribution in [0.15, 0.2) is 48.8 Å². The van der Waals surface area contributed by atoms with Crippen molar-refractivity contribution >= 4 is 28.3 Å². The van der Waals surface area contributed by atoms with Crippen LogP contribution >= 0.6 is 0 Å². The number of hydrogen-bond donors (Lipinski definition) is 3. The predicted molar refractivity (Wildman–Crippen MR) is 89.0 cm³/mol. The van der Waals surface area contributed by atoms with Gasteiger partial charge in [-0.1, -0.05) is 18.2 Å². The van der Waals surface area contributed by atoms with Gasteiger partial charge in [0, 0.05) is 18.7 Å². The second-order valence-electron chi connectivity index (χ2n) is 5.20. The number of anilines is 2. The second kappa shape index (κ2) is 6.30. The summed E-state index contributed by atoms with van der Waals surface area (Å²) in [6, 6.07) is 13.8. The Bertz CT molecular complexity index is 780. The van der Waals surface area contributed by atoms with Gasteiger partial charge >= 0.3 is 0 Å². The molecule has 0 radical (unpaired) electrons. The molecule has 0 aliphatic heterocycles. The molecule has 0 aliphatic rings. The molecular formula is C17H18N4O. The van der Waals surface area contributed by atoms with Crippen LogP contribution in [0.1, 0.15) is 12.0 Å². The van der Waals surface area contributed by atoms with Crippen molar-refractivity contribution in [3.63, 3.8) is 0 Å². The monoisotopic (exact) mass is 294 g/mol. The van der Waals surface area contributed by atoms with E-state index in [0.29, 0.717) is 13.0 Å². The van der Waals surface area contributed by atoms with Crippen molar-refractivity contribution in [3.05, 3.63) is 54.4 Å². The zero-order chi connectivity index (χ0) is 15.4. The second-order valence-corrected chi connectivity index (χ2v) is 5.20. The largest absolute Gasteiger partial charge is 0.385 e. The van der Waals surface area contributed by atoms with E-state index in [1.807, 2.05) is 49.4 Å². The molecule has 3 aromatic rings. The van der Waals surface area contributed by atoms with Crippen molar-refractivity contribution in [2.24, 2.45) is 0 Å². The fourth-order valence-electron chi connectivity index (χ4n) is 2.38. The molecule has 3 rings (SSSR count). The van der Waals surface area contributed by atoms with Crippen LogP contribution in [0.5, 0.6) is 0 Å². The van der Waals surface area contributed by atoms with Crippen molar-refractivity contribution in [2.75, 3.05) is 17.2 Å². The quantitative estimate of drug-likeness (QED) is 0.676. The van der Waals surface area contributed by atoms with E-state index in [9.17, 15) is 4.79 Å². The highest BCUT2D eigenvalue weighted by Gasteiger charge is 2.08. The highest BCUT2D eigenvalue weighted by molar-refractivity contribution is 5.99. The van der Waals surface area contributed by atoms with E-state index in [1.54, 1.807) is 6.33 Å². The fourth-order valence-corrected chi connectivity index (χ4v) is 2.38. The van der Waals surface area contributed by atoms with Crippen LogP contribution in [0.4, 0.5) is 11.4 Å². The Labute approximate surface area is 128 Å². The number of aryl methyl sites for hydroxylation is 1. The molecule has 22 heavy (non-hydrogen) atoms. The van der Waals surface area contributed by atoms with Crippen LogP contribution in [-0.2, 0) is 4.79 Å². The molecule has 5 nitrogen and oxygen atoms in total. The van der Waals surface area contributed by atoms with Crippen LogP contribution in [0.3, 0.4) is 0 Å². The molecular weight excluding hydrogens is 276 g/mol. The van der Waals surface area contributed by atoms with E-state index in [4.69, 9.17) is 0 Å². The summed E-state index contributed by atoms with van der Waals surface area (Å²) in [6.45, 7) is 2.58. The summed E-state index contributed by atoms with van der Waals surface area (Å²) >= 11 is 0. The van der Waals surface area contributed by atoms with Crippen molar-refractivity contribution in [2.45, 2.75) is 13.3 Å². The summed E-state index contributed by atoms with van der Waals surface area (Å²) in [5.41, 5.74) is 4.56. The zero-order valence-corrected chi connectivity index (χ0v) is 12.4. The summed E-state index contributed by atoms with van der Waals surface area (Å²) in [7, 11) is 0. The van der Waals surface area contributed by atoms with Gasteiger partial charge in [-0.15, -0.1) is 0 Å². The van der Waals surface area contributed by atoms with E-state index < -0.39 is 0 Å². The predicted octanol–water partition coefficient (Wildman–Crippen LogP) is 3.31. The van der Waals surface area contributed by atoms with E-state index in [0.717, 1.165) is 28.0 Å². The topological polar surface area (TPSA) is 69.8 Å². The Morgan fingerprint density at radius 2 is 2.05 bits per heavy atom. The van der Waals surface area contributed by atoms with Crippen molar-refractivity contribution < 1.29 is 4.79 Å². The number of H-pyrrole nitrogens is 1. The number of imidazole rings is 1. The first-order valence-corrected chi connectivity index (χ1v) is 7.25. The van der Waals surface area contributed by atoms with Gasteiger partial charge in [0.2, 0.25) is 5.91 Å². The first kappa shape index (κ1) is 14.1. The zero-order valence-electron chi connectivity index (χ0n) is 12.4. The Balaban J connectivity index is 1.60. The highest BCUT2D eigenvalue weighted by Crippen LogP contribution is 2.22. The lowest BCUT2D eigenvalue weighted by Crippen LogP contribution is -2.16. The van der Waals surface area contributed by atoms with E-state index in [-0.39, 0.29) is 5.91 Å². The van der Waals surface area contributed by atoms with Crippen LogP contribution in [-0.4, -0.2) is 22.4 Å². The number of nitrogens with one attached hydrogen (secondary N) is 3. The SMILES string of the molecule is Cc1cc(NC(=O)CCNc2ccccc2)c2nc[nH]c2c1. The number of aromatic amines is 1. The van der Waals surface area contributed by atoms with E-state index in [2.05, 4.69) is 20.6 Å². The number of benzene rings is 2. The molecule has 0 saturated heterocycles. The van der Waals surface area contributed by atoms with Crippen LogP contribution in [0, 0.1) is 6.92 Å². The standard InChI is InChI=1S/C17H18N4O/c1-12-9-14-17(20-11-19-14)15(10-12)21-16(22)7-8-18-13-5-3-2-4-6-13/h2-6,9-11,18H,7-8H2,1H3,(H,19,20)(H,21,22). The van der Waals surface area contributed by atoms with Gasteiger partial charge in [0.25, 0.3) is 0 Å². The van der Waals surface area contributed by atoms with Gasteiger partial charge in [-0.05, 0) is 36.8 Å². The van der Waals surface area contributed by atoms with Gasteiger partial charge in [0.15, 0.2) is 0 Å². The molecule has 112 valence electrons. The third kappa shape index (κ3) is 3.25. The summed E-state index contributed by atoms with van der Waals surface area (Å²) < 4.78 is 0. The number of hydrogen-bond acceptors (Lipinski definition) is 3. The van der Waals surface area contributed by atoms with Gasteiger partial charge in [0.05, 0.1) is 17.5 Å². The van der Waals surface area contributed by atoms with Crippen molar-refractivity contribution in [3.8, 4) is 0 Å². The molecule has 0 bridgehead atoms. The van der Waals surface area contributed by atoms with Gasteiger partial charge in [-0.25, -0.2) is 4.98 Å². The summed E-state index contributed by atoms with van der Waals surface area (Å²) in [6.07, 6.45) is 2.03. The van der Waals surface area contributed by atoms with Crippen molar-refractivity contribution in [1.82, 2.24) is 9.97 Å². The summed E-state index contributed by atoms with van der Waals surface area (Å²) in [5.74, 6) is -0.0293. The number of para-hydroxylation sites is 1. The number of rotatable bonds is 5. The molecule has 0 unspecified atom stereocenters. The average molecular weight is 294 g/mol. The maximum Gasteiger partial charge on any atom is 0.226 e.